The van der Waals surface area contributed by atoms with Crippen molar-refractivity contribution in [2.24, 2.45) is 0 Å². The minimum absolute atomic E-state index is 0.109. The predicted molar refractivity (Wildman–Crippen MR) is 79.0 cm³/mol. The first-order valence-corrected chi connectivity index (χ1v) is 7.83. The molecule has 0 saturated heterocycles. The summed E-state index contributed by atoms with van der Waals surface area (Å²) < 4.78 is 40.5. The maximum Gasteiger partial charge on any atom is 0.266 e. The van der Waals surface area contributed by atoms with Gasteiger partial charge in [0.2, 0.25) is 0 Å². The number of nitrogens with one attached hydrogen (secondary N) is 2. The Balaban J connectivity index is 2.36. The fourth-order valence-corrected chi connectivity index (χ4v) is 2.84. The summed E-state index contributed by atoms with van der Waals surface area (Å²) in [6.45, 7) is 5.48. The molecule has 0 fully saturated rings. The first-order valence-electron chi connectivity index (χ1n) is 6.34. The number of benzene rings is 1. The van der Waals surface area contributed by atoms with Crippen molar-refractivity contribution in [1.82, 2.24) is 10.2 Å². The molecule has 4 N–H and O–H groups in total. The van der Waals surface area contributed by atoms with Gasteiger partial charge in [0, 0.05) is 17.4 Å². The smallest absolute Gasteiger partial charge is 0.266 e. The van der Waals surface area contributed by atoms with E-state index in [1.165, 1.54) is 0 Å². The van der Waals surface area contributed by atoms with Crippen LogP contribution in [0.4, 0.5) is 15.9 Å². The van der Waals surface area contributed by atoms with Crippen molar-refractivity contribution in [3.8, 4) is 0 Å². The Hall–Kier alpha value is -2.09. The van der Waals surface area contributed by atoms with E-state index in [4.69, 9.17) is 5.73 Å². The molecule has 0 spiro atoms. The van der Waals surface area contributed by atoms with Gasteiger partial charge in [-0.2, -0.15) is 5.10 Å². The normalized spacial score (nSPS) is 11.9. The number of hydrogen-bond acceptors (Lipinski definition) is 4. The fourth-order valence-electron chi connectivity index (χ4n) is 1.75. The second-order valence-corrected chi connectivity index (χ2v) is 6.76. The fraction of sp³-hybridized carbons (Fsp3) is 0.308. The molecule has 0 aliphatic carbocycles. The maximum atomic E-state index is 13.9. The van der Waals surface area contributed by atoms with Crippen LogP contribution in [0, 0.1) is 12.7 Å². The highest BCUT2D eigenvalue weighted by molar-refractivity contribution is 7.92. The minimum Gasteiger partial charge on any atom is -0.398 e. The molecule has 0 aliphatic heterocycles. The number of rotatable bonds is 4. The van der Waals surface area contributed by atoms with E-state index in [0.717, 1.165) is 17.8 Å². The Labute approximate surface area is 122 Å². The van der Waals surface area contributed by atoms with E-state index >= 15 is 0 Å². The summed E-state index contributed by atoms with van der Waals surface area (Å²) >= 11 is 0. The summed E-state index contributed by atoms with van der Waals surface area (Å²) in [4.78, 5) is -0.500. The van der Waals surface area contributed by atoms with Gasteiger partial charge >= 0.3 is 0 Å². The van der Waals surface area contributed by atoms with Gasteiger partial charge in [-0.3, -0.25) is 9.82 Å². The Bertz CT molecular complexity index is 768. The van der Waals surface area contributed by atoms with Crippen molar-refractivity contribution in [2.75, 3.05) is 10.5 Å². The van der Waals surface area contributed by atoms with E-state index in [1.54, 1.807) is 13.0 Å². The molecule has 114 valence electrons. The first-order chi connectivity index (χ1) is 9.70. The summed E-state index contributed by atoms with van der Waals surface area (Å²) in [5, 5.41) is 6.57. The Morgan fingerprint density at radius 3 is 2.57 bits per heavy atom. The van der Waals surface area contributed by atoms with Crippen LogP contribution in [0.15, 0.2) is 23.1 Å². The van der Waals surface area contributed by atoms with E-state index in [2.05, 4.69) is 14.9 Å². The van der Waals surface area contributed by atoms with Crippen molar-refractivity contribution in [1.29, 1.82) is 0 Å². The molecule has 0 aliphatic rings. The summed E-state index contributed by atoms with van der Waals surface area (Å²) in [7, 11) is -4.08. The third-order valence-corrected chi connectivity index (χ3v) is 4.44. The number of nitrogens with two attached hydrogens (primary N) is 1. The standard InChI is InChI=1S/C13H17FN4O2S/c1-7(2)11-6-13(17-16-11)18-21(19,20)12-5-10(15)8(3)4-9(12)14/h4-7H,15H2,1-3H3,(H2,16,17,18). The van der Waals surface area contributed by atoms with Crippen LogP contribution in [0.2, 0.25) is 0 Å². The summed E-state index contributed by atoms with van der Waals surface area (Å²) in [6, 6.07) is 3.76. The summed E-state index contributed by atoms with van der Waals surface area (Å²) in [5.41, 5.74) is 7.11. The Morgan fingerprint density at radius 2 is 2.00 bits per heavy atom. The lowest BCUT2D eigenvalue weighted by molar-refractivity contribution is 0.570. The van der Waals surface area contributed by atoms with Crippen molar-refractivity contribution in [3.63, 3.8) is 0 Å². The maximum absolute atomic E-state index is 13.9. The first kappa shape index (κ1) is 15.3. The molecule has 0 radical (unpaired) electrons. The molecule has 0 amide bonds. The van der Waals surface area contributed by atoms with Crippen LogP contribution in [0.25, 0.3) is 0 Å². The molecule has 2 rings (SSSR count). The number of H-pyrrole nitrogens is 1. The van der Waals surface area contributed by atoms with Gasteiger partial charge in [-0.05, 0) is 30.5 Å². The van der Waals surface area contributed by atoms with Crippen LogP contribution >= 0.6 is 0 Å². The highest BCUT2D eigenvalue weighted by Crippen LogP contribution is 2.24. The lowest BCUT2D eigenvalue weighted by atomic mass is 10.1. The molecule has 0 saturated carbocycles. The molecular weight excluding hydrogens is 295 g/mol. The quantitative estimate of drug-likeness (QED) is 0.754. The Kier molecular flexibility index (Phi) is 3.91. The van der Waals surface area contributed by atoms with E-state index in [9.17, 15) is 12.8 Å². The van der Waals surface area contributed by atoms with Crippen LogP contribution in [-0.4, -0.2) is 18.6 Å². The largest absolute Gasteiger partial charge is 0.398 e. The SMILES string of the molecule is Cc1cc(F)c(S(=O)(=O)Nc2cc(C(C)C)[nH]n2)cc1N. The molecule has 1 aromatic carbocycles. The number of sulfonamides is 1. The van der Waals surface area contributed by atoms with Gasteiger partial charge in [-0.1, -0.05) is 13.8 Å². The zero-order valence-electron chi connectivity index (χ0n) is 11.9. The van der Waals surface area contributed by atoms with Crippen molar-refractivity contribution in [3.05, 3.63) is 35.3 Å². The predicted octanol–water partition coefficient (Wildman–Crippen LogP) is 2.36. The number of nitrogens with zero attached hydrogens (tertiary/aromatic N) is 1. The summed E-state index contributed by atoms with van der Waals surface area (Å²) in [5.74, 6) is -0.575. The second kappa shape index (κ2) is 5.36. The van der Waals surface area contributed by atoms with E-state index in [1.807, 2.05) is 13.8 Å². The van der Waals surface area contributed by atoms with Gasteiger partial charge in [0.1, 0.15) is 10.7 Å². The highest BCUT2D eigenvalue weighted by atomic mass is 32.2. The zero-order valence-corrected chi connectivity index (χ0v) is 12.8. The molecule has 2 aromatic rings. The van der Waals surface area contributed by atoms with E-state index in [0.29, 0.717) is 5.56 Å². The van der Waals surface area contributed by atoms with Gasteiger partial charge in [0.25, 0.3) is 10.0 Å². The molecule has 0 unspecified atom stereocenters. The lowest BCUT2D eigenvalue weighted by Gasteiger charge is -2.09. The number of nitrogen functional groups attached to an aromatic ring is 1. The van der Waals surface area contributed by atoms with E-state index < -0.39 is 20.7 Å². The highest BCUT2D eigenvalue weighted by Gasteiger charge is 2.21. The lowest BCUT2D eigenvalue weighted by Crippen LogP contribution is -2.15. The summed E-state index contributed by atoms with van der Waals surface area (Å²) in [6.07, 6.45) is 0. The van der Waals surface area contributed by atoms with Gasteiger partial charge in [-0.25, -0.2) is 12.8 Å². The average Bonchev–Trinajstić information content (AvgIpc) is 2.81. The molecule has 6 nitrogen and oxygen atoms in total. The number of aryl methyl sites for hydroxylation is 1. The van der Waals surface area contributed by atoms with Crippen molar-refractivity contribution in [2.45, 2.75) is 31.6 Å². The van der Waals surface area contributed by atoms with Crippen LogP contribution in [0.3, 0.4) is 0 Å². The van der Waals surface area contributed by atoms with Crippen molar-refractivity contribution < 1.29 is 12.8 Å². The number of aromatic amines is 1. The zero-order chi connectivity index (χ0) is 15.8. The number of anilines is 2. The van der Waals surface area contributed by atoms with Gasteiger partial charge in [0.05, 0.1) is 0 Å². The molecule has 0 atom stereocenters. The van der Waals surface area contributed by atoms with Crippen LogP contribution in [-0.2, 0) is 10.0 Å². The number of aromatic nitrogens is 2. The molecule has 8 heteroatoms. The second-order valence-electron chi connectivity index (χ2n) is 5.11. The molecule has 21 heavy (non-hydrogen) atoms. The number of hydrogen-bond donors (Lipinski definition) is 3. The molecular formula is C13H17FN4O2S. The van der Waals surface area contributed by atoms with Gasteiger partial charge in [-0.15, -0.1) is 0 Å². The van der Waals surface area contributed by atoms with Crippen molar-refractivity contribution >= 4 is 21.5 Å². The monoisotopic (exact) mass is 312 g/mol. The number of halogens is 1. The topological polar surface area (TPSA) is 101 Å². The van der Waals surface area contributed by atoms with Crippen LogP contribution in [0.1, 0.15) is 31.0 Å². The van der Waals surface area contributed by atoms with Crippen LogP contribution < -0.4 is 10.5 Å². The third kappa shape index (κ3) is 3.15. The molecule has 1 heterocycles. The molecule has 0 bridgehead atoms. The van der Waals surface area contributed by atoms with Crippen LogP contribution in [0.5, 0.6) is 0 Å². The van der Waals surface area contributed by atoms with Gasteiger partial charge in [0.15, 0.2) is 5.82 Å². The minimum atomic E-state index is -4.08. The van der Waals surface area contributed by atoms with E-state index in [-0.39, 0.29) is 17.4 Å². The molecule has 1 aromatic heterocycles. The third-order valence-electron chi connectivity index (χ3n) is 3.07. The van der Waals surface area contributed by atoms with Gasteiger partial charge < -0.3 is 5.73 Å². The average molecular weight is 312 g/mol. The Morgan fingerprint density at radius 1 is 1.33 bits per heavy atom.